The third kappa shape index (κ3) is 4.08. The van der Waals surface area contributed by atoms with Crippen molar-refractivity contribution < 1.29 is 14.3 Å². The number of methoxy groups -OCH3 is 1. The molecule has 0 unspecified atom stereocenters. The Bertz CT molecular complexity index is 1310. The molecule has 2 aliphatic rings. The molecule has 1 N–H and O–H groups in total. The lowest BCUT2D eigenvalue weighted by Gasteiger charge is -2.26. The number of hydrogen-bond acceptors (Lipinski definition) is 6. The van der Waals surface area contributed by atoms with Crippen LogP contribution >= 0.6 is 11.8 Å². The first-order chi connectivity index (χ1) is 16.5. The summed E-state index contributed by atoms with van der Waals surface area (Å²) in [7, 11) is 1.59. The number of thioether (sulfide) groups is 1. The molecular formula is C26H22N4O3S. The van der Waals surface area contributed by atoms with Crippen molar-refractivity contribution in [3.8, 4) is 5.75 Å². The number of amides is 2. The summed E-state index contributed by atoms with van der Waals surface area (Å²) < 4.78 is 5.16. The van der Waals surface area contributed by atoms with E-state index >= 15 is 0 Å². The highest BCUT2D eigenvalue weighted by atomic mass is 32.2. The number of nitrogens with zero attached hydrogens (tertiary/aromatic N) is 3. The average Bonchev–Trinajstić information content (AvgIpc) is 3.22. The molecule has 0 saturated carbocycles. The van der Waals surface area contributed by atoms with Gasteiger partial charge in [-0.25, -0.2) is 14.9 Å². The molecule has 7 nitrogen and oxygen atoms in total. The molecule has 3 aromatic rings. The minimum absolute atomic E-state index is 0.176. The zero-order valence-corrected chi connectivity index (χ0v) is 19.5. The van der Waals surface area contributed by atoms with E-state index in [1.807, 2.05) is 54.6 Å². The van der Waals surface area contributed by atoms with Crippen LogP contribution in [0.25, 0.3) is 0 Å². The van der Waals surface area contributed by atoms with Gasteiger partial charge in [-0.3, -0.25) is 9.59 Å². The normalized spacial score (nSPS) is 17.3. The lowest BCUT2D eigenvalue weighted by Crippen LogP contribution is -2.41. The molecule has 2 amide bonds. The van der Waals surface area contributed by atoms with Crippen molar-refractivity contribution in [2.45, 2.75) is 18.2 Å². The Morgan fingerprint density at radius 2 is 1.74 bits per heavy atom. The minimum Gasteiger partial charge on any atom is -0.497 e. The molecular weight excluding hydrogens is 448 g/mol. The van der Waals surface area contributed by atoms with E-state index < -0.39 is 11.3 Å². The van der Waals surface area contributed by atoms with Gasteiger partial charge in [-0.05, 0) is 48.9 Å². The number of benzene rings is 3. The maximum Gasteiger partial charge on any atom is 0.263 e. The van der Waals surface area contributed by atoms with Crippen LogP contribution in [-0.4, -0.2) is 40.1 Å². The first kappa shape index (κ1) is 21.9. The zero-order chi connectivity index (χ0) is 23.7. The van der Waals surface area contributed by atoms with Gasteiger partial charge in [0.2, 0.25) is 5.91 Å². The fraction of sp³-hybridized carbons (Fsp3) is 0.154. The number of ether oxygens (including phenoxy) is 1. The SMILES string of the molecule is COc1ccc(NC(=O)[C@H](C)SC2=Nc3ccccc3C3=N[C@H](c4ccccc4)C(=O)N23)cc1. The van der Waals surface area contributed by atoms with Gasteiger partial charge in [0.05, 0.1) is 18.0 Å². The Kier molecular flexibility index (Phi) is 5.90. The van der Waals surface area contributed by atoms with Crippen LogP contribution in [0.4, 0.5) is 11.4 Å². The van der Waals surface area contributed by atoms with Crippen molar-refractivity contribution in [2.24, 2.45) is 9.98 Å². The molecule has 2 heterocycles. The van der Waals surface area contributed by atoms with Gasteiger partial charge in [-0.2, -0.15) is 0 Å². The average molecular weight is 471 g/mol. The maximum absolute atomic E-state index is 13.5. The molecule has 5 rings (SSSR count). The predicted octanol–water partition coefficient (Wildman–Crippen LogP) is 4.79. The number of para-hydroxylation sites is 1. The molecule has 0 bridgehead atoms. The van der Waals surface area contributed by atoms with Gasteiger partial charge < -0.3 is 10.1 Å². The van der Waals surface area contributed by atoms with Gasteiger partial charge in [-0.15, -0.1) is 0 Å². The standard InChI is InChI=1S/C26H22N4O3S/c1-16(24(31)27-18-12-14-19(33-2)15-13-18)34-26-28-21-11-7-6-10-20(21)23-29-22(25(32)30(23)26)17-8-4-3-5-9-17/h3-16,22H,1-2H3,(H,27,31)/t16-,22+/m0/s1. The number of amidine groups is 2. The molecule has 0 fully saturated rings. The van der Waals surface area contributed by atoms with E-state index in [4.69, 9.17) is 14.7 Å². The third-order valence-corrected chi connectivity index (χ3v) is 6.65. The summed E-state index contributed by atoms with van der Waals surface area (Å²) in [4.78, 5) is 37.4. The van der Waals surface area contributed by atoms with Gasteiger partial charge in [0, 0.05) is 11.3 Å². The zero-order valence-electron chi connectivity index (χ0n) is 18.6. The molecule has 2 aliphatic heterocycles. The second-order valence-corrected chi connectivity index (χ2v) is 9.14. The van der Waals surface area contributed by atoms with Crippen LogP contribution in [0.3, 0.4) is 0 Å². The molecule has 0 aromatic heterocycles. The third-order valence-electron chi connectivity index (χ3n) is 5.59. The van der Waals surface area contributed by atoms with E-state index in [1.165, 1.54) is 11.8 Å². The largest absolute Gasteiger partial charge is 0.497 e. The van der Waals surface area contributed by atoms with Gasteiger partial charge in [0.25, 0.3) is 5.91 Å². The van der Waals surface area contributed by atoms with E-state index in [-0.39, 0.29) is 11.8 Å². The summed E-state index contributed by atoms with van der Waals surface area (Å²) in [5.41, 5.74) is 3.01. The fourth-order valence-electron chi connectivity index (χ4n) is 3.81. The van der Waals surface area contributed by atoms with E-state index in [0.29, 0.717) is 22.4 Å². The van der Waals surface area contributed by atoms with Crippen molar-refractivity contribution in [3.63, 3.8) is 0 Å². The molecule has 0 radical (unpaired) electrons. The van der Waals surface area contributed by atoms with Crippen molar-refractivity contribution in [3.05, 3.63) is 90.0 Å². The smallest absolute Gasteiger partial charge is 0.263 e. The van der Waals surface area contributed by atoms with Crippen molar-refractivity contribution in [2.75, 3.05) is 12.4 Å². The topological polar surface area (TPSA) is 83.4 Å². The number of rotatable bonds is 5. The first-order valence-corrected chi connectivity index (χ1v) is 11.7. The molecule has 0 aliphatic carbocycles. The molecule has 170 valence electrons. The van der Waals surface area contributed by atoms with Crippen LogP contribution in [0, 0.1) is 0 Å². The fourth-order valence-corrected chi connectivity index (χ4v) is 4.73. The maximum atomic E-state index is 13.5. The van der Waals surface area contributed by atoms with Crippen molar-refractivity contribution in [1.29, 1.82) is 0 Å². The van der Waals surface area contributed by atoms with Crippen LogP contribution < -0.4 is 10.1 Å². The Morgan fingerprint density at radius 1 is 1.03 bits per heavy atom. The van der Waals surface area contributed by atoms with Gasteiger partial charge in [0.1, 0.15) is 11.6 Å². The van der Waals surface area contributed by atoms with Crippen LogP contribution in [-0.2, 0) is 9.59 Å². The van der Waals surface area contributed by atoms with Crippen molar-refractivity contribution >= 4 is 46.0 Å². The number of fused-ring (bicyclic) bond motifs is 3. The first-order valence-electron chi connectivity index (χ1n) is 10.8. The van der Waals surface area contributed by atoms with Crippen LogP contribution in [0.15, 0.2) is 88.8 Å². The number of aliphatic imine (C=N–C) groups is 2. The lowest BCUT2D eigenvalue weighted by molar-refractivity contribution is -0.124. The van der Waals surface area contributed by atoms with E-state index in [0.717, 1.165) is 16.8 Å². The summed E-state index contributed by atoms with van der Waals surface area (Å²) >= 11 is 1.23. The summed E-state index contributed by atoms with van der Waals surface area (Å²) in [6.07, 6.45) is 0. The second kappa shape index (κ2) is 9.15. The van der Waals surface area contributed by atoms with E-state index in [9.17, 15) is 9.59 Å². The summed E-state index contributed by atoms with van der Waals surface area (Å²) in [5, 5.41) is 2.84. The van der Waals surface area contributed by atoms with Crippen LogP contribution in [0.5, 0.6) is 5.75 Å². The Balaban J connectivity index is 1.41. The molecule has 2 atom stereocenters. The molecule has 8 heteroatoms. The van der Waals surface area contributed by atoms with E-state index in [1.54, 1.807) is 43.2 Å². The molecule has 3 aromatic carbocycles. The Morgan fingerprint density at radius 3 is 2.47 bits per heavy atom. The number of carbonyl (C=O) groups is 2. The van der Waals surface area contributed by atoms with Crippen LogP contribution in [0.2, 0.25) is 0 Å². The molecule has 34 heavy (non-hydrogen) atoms. The predicted molar refractivity (Wildman–Crippen MR) is 135 cm³/mol. The minimum atomic E-state index is -0.642. The molecule has 0 saturated heterocycles. The number of nitrogens with one attached hydrogen (secondary N) is 1. The monoisotopic (exact) mass is 470 g/mol. The molecule has 0 spiro atoms. The quantitative estimate of drug-likeness (QED) is 0.581. The van der Waals surface area contributed by atoms with Gasteiger partial charge in [0.15, 0.2) is 11.2 Å². The van der Waals surface area contributed by atoms with Crippen LogP contribution in [0.1, 0.15) is 24.1 Å². The van der Waals surface area contributed by atoms with E-state index in [2.05, 4.69) is 5.32 Å². The highest BCUT2D eigenvalue weighted by Crippen LogP contribution is 2.38. The van der Waals surface area contributed by atoms with Gasteiger partial charge in [-0.1, -0.05) is 54.2 Å². The number of anilines is 1. The summed E-state index contributed by atoms with van der Waals surface area (Å²) in [5.74, 6) is 0.906. The van der Waals surface area contributed by atoms with Gasteiger partial charge >= 0.3 is 0 Å². The number of hydrogen-bond donors (Lipinski definition) is 1. The van der Waals surface area contributed by atoms with Crippen molar-refractivity contribution in [1.82, 2.24) is 4.90 Å². The summed E-state index contributed by atoms with van der Waals surface area (Å²) in [6.45, 7) is 1.79. The Hall–Kier alpha value is -3.91. The number of carbonyl (C=O) groups excluding carboxylic acids is 2. The Labute approximate surface area is 201 Å². The highest BCUT2D eigenvalue weighted by molar-refractivity contribution is 8.15. The highest BCUT2D eigenvalue weighted by Gasteiger charge is 2.42. The summed E-state index contributed by atoms with van der Waals surface area (Å²) in [6, 6.07) is 23.6. The lowest BCUT2D eigenvalue weighted by atomic mass is 10.1. The second-order valence-electron chi connectivity index (χ2n) is 7.83.